The van der Waals surface area contributed by atoms with Crippen molar-refractivity contribution in [3.05, 3.63) is 64.3 Å². The van der Waals surface area contributed by atoms with Crippen molar-refractivity contribution in [1.82, 2.24) is 5.43 Å². The van der Waals surface area contributed by atoms with Gasteiger partial charge in [-0.25, -0.2) is 9.69 Å². The van der Waals surface area contributed by atoms with Gasteiger partial charge < -0.3 is 9.47 Å². The maximum Gasteiger partial charge on any atom is 0.356 e. The topological polar surface area (TPSA) is 88.2 Å². The van der Waals surface area contributed by atoms with Crippen molar-refractivity contribution in [2.75, 3.05) is 23.6 Å². The first-order valence-electron chi connectivity index (χ1n) is 9.22. The third kappa shape index (κ3) is 3.11. The maximum atomic E-state index is 13.4. The molecule has 30 heavy (non-hydrogen) atoms. The smallest absolute Gasteiger partial charge is 0.356 e. The first kappa shape index (κ1) is 20.0. The third-order valence-electron chi connectivity index (χ3n) is 4.83. The summed E-state index contributed by atoms with van der Waals surface area (Å²) >= 11 is 3.38. The Hall–Kier alpha value is -3.33. The van der Waals surface area contributed by atoms with Crippen LogP contribution in [0.15, 0.2) is 64.3 Å². The van der Waals surface area contributed by atoms with Crippen LogP contribution in [0.2, 0.25) is 0 Å². The van der Waals surface area contributed by atoms with E-state index in [-0.39, 0.29) is 17.9 Å². The summed E-state index contributed by atoms with van der Waals surface area (Å²) < 4.78 is 11.3. The number of methoxy groups -OCH3 is 1. The normalized spacial score (nSPS) is 17.9. The molecule has 2 amide bonds. The lowest BCUT2D eigenvalue weighted by atomic mass is 10.1. The standard InChI is InChI=1S/C21H18BrN3O5/c1-3-30-21(28)17-16-18(25(23-17)13-10-8-12(22)9-11-13)20(27)24(19(16)26)14-6-4-5-7-15(14)29-2/h4-11,18,23H,3H2,1-2H3. The van der Waals surface area contributed by atoms with E-state index < -0.39 is 23.8 Å². The van der Waals surface area contributed by atoms with Crippen LogP contribution >= 0.6 is 15.9 Å². The van der Waals surface area contributed by atoms with Crippen LogP contribution in [-0.4, -0.2) is 37.5 Å². The molecular weight excluding hydrogens is 454 g/mol. The van der Waals surface area contributed by atoms with Crippen molar-refractivity contribution in [3.63, 3.8) is 0 Å². The van der Waals surface area contributed by atoms with E-state index in [2.05, 4.69) is 21.4 Å². The van der Waals surface area contributed by atoms with Crippen molar-refractivity contribution in [3.8, 4) is 5.75 Å². The molecule has 2 heterocycles. The maximum absolute atomic E-state index is 13.4. The summed E-state index contributed by atoms with van der Waals surface area (Å²) in [4.78, 5) is 40.3. The largest absolute Gasteiger partial charge is 0.495 e. The first-order chi connectivity index (χ1) is 14.5. The van der Waals surface area contributed by atoms with Gasteiger partial charge in [0.1, 0.15) is 5.75 Å². The molecule has 0 aromatic heterocycles. The predicted octanol–water partition coefficient (Wildman–Crippen LogP) is 2.54. The number of anilines is 2. The highest BCUT2D eigenvalue weighted by molar-refractivity contribution is 9.10. The van der Waals surface area contributed by atoms with Crippen LogP contribution in [0.4, 0.5) is 11.4 Å². The van der Waals surface area contributed by atoms with Crippen LogP contribution in [-0.2, 0) is 19.1 Å². The van der Waals surface area contributed by atoms with Crippen molar-refractivity contribution < 1.29 is 23.9 Å². The van der Waals surface area contributed by atoms with Crippen molar-refractivity contribution in [2.45, 2.75) is 13.0 Å². The quantitative estimate of drug-likeness (QED) is 0.529. The number of hydrazine groups is 1. The summed E-state index contributed by atoms with van der Waals surface area (Å²) in [6.45, 7) is 1.81. The average molecular weight is 472 g/mol. The van der Waals surface area contributed by atoms with E-state index in [0.717, 1.165) is 9.37 Å². The fourth-order valence-electron chi connectivity index (χ4n) is 3.53. The molecule has 0 spiro atoms. The van der Waals surface area contributed by atoms with Crippen LogP contribution in [0.5, 0.6) is 5.75 Å². The van der Waals surface area contributed by atoms with E-state index >= 15 is 0 Å². The Labute approximate surface area is 181 Å². The van der Waals surface area contributed by atoms with Gasteiger partial charge >= 0.3 is 5.97 Å². The number of para-hydroxylation sites is 2. The number of halogens is 1. The summed E-state index contributed by atoms with van der Waals surface area (Å²) in [6, 6.07) is 12.9. The van der Waals surface area contributed by atoms with Gasteiger partial charge in [-0.1, -0.05) is 28.1 Å². The number of amides is 2. The highest BCUT2D eigenvalue weighted by atomic mass is 79.9. The van der Waals surface area contributed by atoms with Gasteiger partial charge in [-0.05, 0) is 43.3 Å². The minimum atomic E-state index is -1.01. The first-order valence-corrected chi connectivity index (χ1v) is 10.0. The molecule has 2 aliphatic rings. The van der Waals surface area contributed by atoms with E-state index in [9.17, 15) is 14.4 Å². The van der Waals surface area contributed by atoms with Gasteiger partial charge in [-0.2, -0.15) is 0 Å². The Balaban J connectivity index is 1.83. The van der Waals surface area contributed by atoms with E-state index in [4.69, 9.17) is 9.47 Å². The Morgan fingerprint density at radius 1 is 1.13 bits per heavy atom. The minimum absolute atomic E-state index is 0.0412. The molecular formula is C21H18BrN3O5. The van der Waals surface area contributed by atoms with Gasteiger partial charge in [0.25, 0.3) is 11.8 Å². The zero-order valence-corrected chi connectivity index (χ0v) is 17.8. The van der Waals surface area contributed by atoms with Crippen LogP contribution in [0.3, 0.4) is 0 Å². The highest BCUT2D eigenvalue weighted by Crippen LogP contribution is 2.39. The molecule has 154 valence electrons. The van der Waals surface area contributed by atoms with Gasteiger partial charge in [-0.15, -0.1) is 0 Å². The monoisotopic (exact) mass is 471 g/mol. The Morgan fingerprint density at radius 3 is 2.50 bits per heavy atom. The molecule has 1 fully saturated rings. The lowest BCUT2D eigenvalue weighted by Gasteiger charge is -2.26. The summed E-state index contributed by atoms with van der Waals surface area (Å²) in [5.41, 5.74) is 3.84. The molecule has 1 unspecified atom stereocenters. The number of rotatable bonds is 5. The number of ether oxygens (including phenoxy) is 2. The molecule has 0 aliphatic carbocycles. The number of nitrogens with one attached hydrogen (secondary N) is 1. The molecule has 1 saturated heterocycles. The zero-order chi connectivity index (χ0) is 21.4. The second-order valence-corrected chi connectivity index (χ2v) is 7.44. The molecule has 2 aromatic rings. The predicted molar refractivity (Wildman–Crippen MR) is 113 cm³/mol. The minimum Gasteiger partial charge on any atom is -0.495 e. The molecule has 1 N–H and O–H groups in total. The van der Waals surface area contributed by atoms with Crippen LogP contribution in [0.1, 0.15) is 6.92 Å². The lowest BCUT2D eigenvalue weighted by Crippen LogP contribution is -2.46. The van der Waals surface area contributed by atoms with E-state index in [0.29, 0.717) is 17.1 Å². The van der Waals surface area contributed by atoms with Crippen LogP contribution < -0.4 is 20.1 Å². The highest BCUT2D eigenvalue weighted by Gasteiger charge is 2.55. The zero-order valence-electron chi connectivity index (χ0n) is 16.2. The Kier molecular flexibility index (Phi) is 5.21. The van der Waals surface area contributed by atoms with E-state index in [1.165, 1.54) is 12.1 Å². The lowest BCUT2D eigenvalue weighted by molar-refractivity contribution is -0.139. The number of imide groups is 1. The molecule has 8 nitrogen and oxygen atoms in total. The van der Waals surface area contributed by atoms with Crippen LogP contribution in [0, 0.1) is 0 Å². The van der Waals surface area contributed by atoms with Crippen molar-refractivity contribution in [1.29, 1.82) is 0 Å². The van der Waals surface area contributed by atoms with Gasteiger partial charge in [0.15, 0.2) is 11.7 Å². The van der Waals surface area contributed by atoms with Gasteiger partial charge in [0, 0.05) is 4.47 Å². The molecule has 9 heteroatoms. The fraction of sp³-hybridized carbons (Fsp3) is 0.190. The number of esters is 1. The van der Waals surface area contributed by atoms with E-state index in [1.807, 2.05) is 0 Å². The number of hydrogen-bond acceptors (Lipinski definition) is 7. The molecule has 1 atom stereocenters. The van der Waals surface area contributed by atoms with Gasteiger partial charge in [0.2, 0.25) is 0 Å². The van der Waals surface area contributed by atoms with Gasteiger partial charge in [-0.3, -0.25) is 20.0 Å². The van der Waals surface area contributed by atoms with Crippen LogP contribution in [0.25, 0.3) is 0 Å². The second kappa shape index (κ2) is 7.83. The number of carbonyl (C=O) groups is 3. The molecule has 2 aliphatic heterocycles. The number of fused-ring (bicyclic) bond motifs is 1. The number of hydrogen-bond donors (Lipinski definition) is 1. The summed E-state index contributed by atoms with van der Waals surface area (Å²) in [5.74, 6) is -1.40. The molecule has 0 saturated carbocycles. The Morgan fingerprint density at radius 2 is 1.83 bits per heavy atom. The third-order valence-corrected chi connectivity index (χ3v) is 5.36. The molecule has 2 aromatic carbocycles. The molecule has 0 radical (unpaired) electrons. The SMILES string of the molecule is CCOC(=O)C1=C2C(=O)N(c3ccccc3OC)C(=O)C2N(c2ccc(Br)cc2)N1. The summed E-state index contributed by atoms with van der Waals surface area (Å²) in [6.07, 6.45) is 0. The Bertz CT molecular complexity index is 1070. The summed E-state index contributed by atoms with van der Waals surface area (Å²) in [7, 11) is 1.46. The molecule has 4 rings (SSSR count). The second-order valence-electron chi connectivity index (χ2n) is 6.52. The van der Waals surface area contributed by atoms with E-state index in [1.54, 1.807) is 55.5 Å². The number of nitrogens with zero attached hydrogens (tertiary/aromatic N) is 2. The van der Waals surface area contributed by atoms with Gasteiger partial charge in [0.05, 0.1) is 30.7 Å². The summed E-state index contributed by atoms with van der Waals surface area (Å²) in [5, 5.41) is 1.50. The van der Waals surface area contributed by atoms with Crippen molar-refractivity contribution >= 4 is 45.1 Å². The molecule has 0 bridgehead atoms. The number of benzene rings is 2. The fourth-order valence-corrected chi connectivity index (χ4v) is 3.79. The average Bonchev–Trinajstić information content (AvgIpc) is 3.26. The van der Waals surface area contributed by atoms with Crippen molar-refractivity contribution in [2.24, 2.45) is 0 Å². The number of carbonyl (C=O) groups excluding carboxylic acids is 3.